The van der Waals surface area contributed by atoms with Crippen LogP contribution in [-0.2, 0) is 4.74 Å². The maximum absolute atomic E-state index is 11.2. The molecule has 27 heavy (non-hydrogen) atoms. The van der Waals surface area contributed by atoms with Crippen molar-refractivity contribution < 1.29 is 19.4 Å². The number of morpholine rings is 1. The topological polar surface area (TPSA) is 74.8 Å². The minimum absolute atomic E-state index is 0.0117. The summed E-state index contributed by atoms with van der Waals surface area (Å²) in [6.07, 6.45) is 2.04. The second-order valence-electron chi connectivity index (χ2n) is 6.63. The van der Waals surface area contributed by atoms with Crippen LogP contribution >= 0.6 is 0 Å². The fourth-order valence-electron chi connectivity index (χ4n) is 3.71. The van der Waals surface area contributed by atoms with Gasteiger partial charge in [-0.05, 0) is 41.5 Å². The zero-order valence-corrected chi connectivity index (χ0v) is 15.1. The Morgan fingerprint density at radius 3 is 2.59 bits per heavy atom. The van der Waals surface area contributed by atoms with Gasteiger partial charge in [0.1, 0.15) is 5.75 Å². The predicted octanol–water partition coefficient (Wildman–Crippen LogP) is 3.30. The van der Waals surface area contributed by atoms with E-state index in [2.05, 4.69) is 9.88 Å². The van der Waals surface area contributed by atoms with E-state index in [1.165, 1.54) is 0 Å². The molecule has 2 heterocycles. The Bertz CT molecular complexity index is 942. The number of hydrogen-bond acceptors (Lipinski definition) is 4. The van der Waals surface area contributed by atoms with Crippen LogP contribution in [0.1, 0.15) is 27.5 Å². The maximum Gasteiger partial charge on any atom is 0.335 e. The molecule has 1 fully saturated rings. The van der Waals surface area contributed by atoms with Crippen LogP contribution in [0.3, 0.4) is 0 Å². The number of aromatic nitrogens is 1. The Hall–Kier alpha value is -2.83. The Morgan fingerprint density at radius 1 is 1.19 bits per heavy atom. The summed E-state index contributed by atoms with van der Waals surface area (Å²) < 4.78 is 10.9. The average molecular weight is 366 g/mol. The highest BCUT2D eigenvalue weighted by atomic mass is 16.5. The van der Waals surface area contributed by atoms with Gasteiger partial charge >= 0.3 is 5.97 Å². The van der Waals surface area contributed by atoms with Crippen molar-refractivity contribution >= 4 is 16.9 Å². The molecule has 2 N–H and O–H groups in total. The molecule has 1 saturated heterocycles. The van der Waals surface area contributed by atoms with Gasteiger partial charge in [-0.2, -0.15) is 0 Å². The van der Waals surface area contributed by atoms with Gasteiger partial charge in [0.25, 0.3) is 0 Å². The number of H-pyrrole nitrogens is 1. The van der Waals surface area contributed by atoms with Gasteiger partial charge in [0, 0.05) is 30.2 Å². The number of fused-ring (bicyclic) bond motifs is 1. The SMILES string of the molecule is COc1ccc2[nH]cc(C(c3ccc(C(=O)O)cc3)N3CCOCC3)c2c1. The summed E-state index contributed by atoms with van der Waals surface area (Å²) >= 11 is 0. The fourth-order valence-corrected chi connectivity index (χ4v) is 3.71. The van der Waals surface area contributed by atoms with Crippen molar-refractivity contribution in [3.63, 3.8) is 0 Å². The molecule has 1 atom stereocenters. The molecule has 140 valence electrons. The maximum atomic E-state index is 11.2. The Balaban J connectivity index is 1.81. The van der Waals surface area contributed by atoms with Gasteiger partial charge in [0.05, 0.1) is 31.9 Å². The summed E-state index contributed by atoms with van der Waals surface area (Å²) in [6.45, 7) is 3.02. The Kier molecular flexibility index (Phi) is 4.83. The van der Waals surface area contributed by atoms with Gasteiger partial charge < -0.3 is 19.6 Å². The zero-order chi connectivity index (χ0) is 18.8. The van der Waals surface area contributed by atoms with E-state index in [-0.39, 0.29) is 6.04 Å². The van der Waals surface area contributed by atoms with Crippen LogP contribution in [0.2, 0.25) is 0 Å². The summed E-state index contributed by atoms with van der Waals surface area (Å²) in [5.74, 6) is -0.105. The first kappa shape index (κ1) is 17.6. The van der Waals surface area contributed by atoms with Gasteiger partial charge in [-0.3, -0.25) is 4.90 Å². The highest BCUT2D eigenvalue weighted by Gasteiger charge is 2.27. The van der Waals surface area contributed by atoms with E-state index in [9.17, 15) is 9.90 Å². The first-order chi connectivity index (χ1) is 13.2. The number of carboxylic acid groups (broad SMARTS) is 1. The van der Waals surface area contributed by atoms with Crippen LogP contribution in [0, 0.1) is 0 Å². The molecule has 6 nitrogen and oxygen atoms in total. The second-order valence-corrected chi connectivity index (χ2v) is 6.63. The number of aromatic carboxylic acids is 1. The number of nitrogens with one attached hydrogen (secondary N) is 1. The van der Waals surface area contributed by atoms with Gasteiger partial charge in [-0.25, -0.2) is 4.79 Å². The third-order valence-corrected chi connectivity index (χ3v) is 5.10. The molecule has 6 heteroatoms. The van der Waals surface area contributed by atoms with Crippen LogP contribution in [-0.4, -0.2) is 54.4 Å². The molecule has 2 aromatic carbocycles. The van der Waals surface area contributed by atoms with E-state index in [1.807, 2.05) is 36.5 Å². The van der Waals surface area contributed by atoms with Gasteiger partial charge in [-0.1, -0.05) is 12.1 Å². The van der Waals surface area contributed by atoms with Crippen molar-refractivity contribution in [3.8, 4) is 5.75 Å². The number of aromatic amines is 1. The van der Waals surface area contributed by atoms with Gasteiger partial charge in [-0.15, -0.1) is 0 Å². The van der Waals surface area contributed by atoms with Crippen molar-refractivity contribution in [2.75, 3.05) is 33.4 Å². The summed E-state index contributed by atoms with van der Waals surface area (Å²) in [7, 11) is 1.66. The number of nitrogens with zero attached hydrogens (tertiary/aromatic N) is 1. The van der Waals surface area contributed by atoms with Gasteiger partial charge in [0.2, 0.25) is 0 Å². The minimum Gasteiger partial charge on any atom is -0.497 e. The monoisotopic (exact) mass is 366 g/mol. The van der Waals surface area contributed by atoms with E-state index in [4.69, 9.17) is 9.47 Å². The zero-order valence-electron chi connectivity index (χ0n) is 15.1. The van der Waals surface area contributed by atoms with Crippen molar-refractivity contribution in [2.45, 2.75) is 6.04 Å². The van der Waals surface area contributed by atoms with Crippen LogP contribution in [0.15, 0.2) is 48.7 Å². The fraction of sp³-hybridized carbons (Fsp3) is 0.286. The lowest BCUT2D eigenvalue weighted by atomic mass is 9.95. The number of hydrogen-bond donors (Lipinski definition) is 2. The molecule has 1 aliphatic rings. The summed E-state index contributed by atoms with van der Waals surface area (Å²) in [5, 5.41) is 10.3. The first-order valence-corrected chi connectivity index (χ1v) is 8.97. The highest BCUT2D eigenvalue weighted by molar-refractivity contribution is 5.88. The quantitative estimate of drug-likeness (QED) is 0.725. The molecule has 4 rings (SSSR count). The number of benzene rings is 2. The molecule has 1 aromatic heterocycles. The lowest BCUT2D eigenvalue weighted by Crippen LogP contribution is -2.39. The smallest absolute Gasteiger partial charge is 0.335 e. The van der Waals surface area contributed by atoms with E-state index < -0.39 is 5.97 Å². The lowest BCUT2D eigenvalue weighted by molar-refractivity contribution is 0.0242. The Labute approximate surface area is 157 Å². The Morgan fingerprint density at radius 2 is 1.93 bits per heavy atom. The van der Waals surface area contributed by atoms with Crippen LogP contribution < -0.4 is 4.74 Å². The van der Waals surface area contributed by atoms with Crippen LogP contribution in [0.4, 0.5) is 0 Å². The van der Waals surface area contributed by atoms with Crippen molar-refractivity contribution in [3.05, 3.63) is 65.4 Å². The number of carbonyl (C=O) groups is 1. The molecule has 1 aliphatic heterocycles. The number of methoxy groups -OCH3 is 1. The third kappa shape index (κ3) is 3.41. The molecular formula is C21H22N2O4. The first-order valence-electron chi connectivity index (χ1n) is 8.97. The van der Waals surface area contributed by atoms with Crippen molar-refractivity contribution in [1.29, 1.82) is 0 Å². The molecule has 0 amide bonds. The summed E-state index contributed by atoms with van der Waals surface area (Å²) in [6, 6.07) is 13.2. The van der Waals surface area contributed by atoms with Gasteiger partial charge in [0.15, 0.2) is 0 Å². The van der Waals surface area contributed by atoms with E-state index in [0.29, 0.717) is 18.8 Å². The van der Waals surface area contributed by atoms with E-state index in [0.717, 1.165) is 40.9 Å². The average Bonchev–Trinajstić information content (AvgIpc) is 3.12. The largest absolute Gasteiger partial charge is 0.497 e. The predicted molar refractivity (Wildman–Crippen MR) is 102 cm³/mol. The van der Waals surface area contributed by atoms with Crippen LogP contribution in [0.5, 0.6) is 5.75 Å². The number of ether oxygens (including phenoxy) is 2. The van der Waals surface area contributed by atoms with Crippen molar-refractivity contribution in [1.82, 2.24) is 9.88 Å². The standard InChI is InChI=1S/C21H22N2O4/c1-26-16-6-7-19-17(12-16)18(13-22-19)20(23-8-10-27-11-9-23)14-2-4-15(5-3-14)21(24)25/h2-7,12-13,20,22H,8-11H2,1H3,(H,24,25). The molecule has 1 unspecified atom stereocenters. The molecule has 3 aromatic rings. The number of rotatable bonds is 5. The highest BCUT2D eigenvalue weighted by Crippen LogP contribution is 2.35. The second kappa shape index (κ2) is 7.42. The normalized spacial score (nSPS) is 16.3. The number of carboxylic acids is 1. The lowest BCUT2D eigenvalue weighted by Gasteiger charge is -2.35. The molecule has 0 spiro atoms. The molecular weight excluding hydrogens is 344 g/mol. The van der Waals surface area contributed by atoms with E-state index in [1.54, 1.807) is 19.2 Å². The van der Waals surface area contributed by atoms with Crippen LogP contribution in [0.25, 0.3) is 10.9 Å². The summed E-state index contributed by atoms with van der Waals surface area (Å²) in [4.78, 5) is 16.9. The van der Waals surface area contributed by atoms with E-state index >= 15 is 0 Å². The minimum atomic E-state index is -0.915. The molecule has 0 saturated carbocycles. The molecule has 0 bridgehead atoms. The summed E-state index contributed by atoms with van der Waals surface area (Å²) in [5.41, 5.74) is 3.55. The third-order valence-electron chi connectivity index (χ3n) is 5.10. The molecule has 0 radical (unpaired) electrons. The molecule has 0 aliphatic carbocycles. The van der Waals surface area contributed by atoms with Crippen molar-refractivity contribution in [2.24, 2.45) is 0 Å².